The van der Waals surface area contributed by atoms with Crippen LogP contribution in [0.1, 0.15) is 25.0 Å². The molecule has 1 heterocycles. The molecule has 1 unspecified atom stereocenters. The average Bonchev–Trinajstić information content (AvgIpc) is 2.97. The molecule has 2 aromatic rings. The van der Waals surface area contributed by atoms with Gasteiger partial charge in [0.05, 0.1) is 17.3 Å². The molecule has 21 heavy (non-hydrogen) atoms. The Balaban J connectivity index is 1.93. The standard InChI is InChI=1S/C14H19N3O3S/c1-12(18)13-4-2-5-14(10-13)21(19,20)16-6-3-8-17-9-7-15-11-17/h2,4-5,7,9-12,16,18H,3,6,8H2,1H3. The second-order valence-electron chi connectivity index (χ2n) is 4.80. The molecule has 1 atom stereocenters. The van der Waals surface area contributed by atoms with Gasteiger partial charge in [0.1, 0.15) is 0 Å². The van der Waals surface area contributed by atoms with Crippen LogP contribution in [0.25, 0.3) is 0 Å². The second-order valence-corrected chi connectivity index (χ2v) is 6.57. The SMILES string of the molecule is CC(O)c1cccc(S(=O)(=O)NCCCn2ccnc2)c1. The minimum Gasteiger partial charge on any atom is -0.389 e. The van der Waals surface area contributed by atoms with E-state index in [1.165, 1.54) is 12.1 Å². The van der Waals surface area contributed by atoms with Gasteiger partial charge in [-0.2, -0.15) is 0 Å². The highest BCUT2D eigenvalue weighted by Gasteiger charge is 2.14. The second kappa shape index (κ2) is 6.84. The van der Waals surface area contributed by atoms with Gasteiger partial charge in [-0.15, -0.1) is 0 Å². The molecule has 0 fully saturated rings. The molecule has 114 valence electrons. The summed E-state index contributed by atoms with van der Waals surface area (Å²) in [5, 5.41) is 9.51. The molecule has 0 aliphatic rings. The number of hydrogen-bond donors (Lipinski definition) is 2. The fourth-order valence-electron chi connectivity index (χ4n) is 1.91. The quantitative estimate of drug-likeness (QED) is 0.755. The van der Waals surface area contributed by atoms with E-state index in [2.05, 4.69) is 9.71 Å². The van der Waals surface area contributed by atoms with E-state index in [1.807, 2.05) is 10.8 Å². The first-order chi connectivity index (χ1) is 9.99. The zero-order chi connectivity index (χ0) is 15.3. The molecular weight excluding hydrogens is 290 g/mol. The molecule has 2 rings (SSSR count). The molecule has 2 N–H and O–H groups in total. The number of aromatic nitrogens is 2. The minimum absolute atomic E-state index is 0.170. The van der Waals surface area contributed by atoms with Crippen LogP contribution in [-0.2, 0) is 16.6 Å². The molecule has 0 bridgehead atoms. The molecule has 0 amide bonds. The summed E-state index contributed by atoms with van der Waals surface area (Å²) in [4.78, 5) is 4.09. The minimum atomic E-state index is -3.54. The number of nitrogens with one attached hydrogen (secondary N) is 1. The van der Waals surface area contributed by atoms with Gasteiger partial charge in [-0.1, -0.05) is 12.1 Å². The van der Waals surface area contributed by atoms with Gasteiger partial charge in [-0.05, 0) is 31.0 Å². The number of aliphatic hydroxyl groups excluding tert-OH is 1. The van der Waals surface area contributed by atoms with E-state index in [-0.39, 0.29) is 4.90 Å². The van der Waals surface area contributed by atoms with Crippen molar-refractivity contribution >= 4 is 10.0 Å². The van der Waals surface area contributed by atoms with Gasteiger partial charge in [0, 0.05) is 25.5 Å². The highest BCUT2D eigenvalue weighted by atomic mass is 32.2. The van der Waals surface area contributed by atoms with Gasteiger partial charge in [-0.25, -0.2) is 18.1 Å². The zero-order valence-electron chi connectivity index (χ0n) is 11.8. The van der Waals surface area contributed by atoms with Crippen LogP contribution in [0.5, 0.6) is 0 Å². The third kappa shape index (κ3) is 4.38. The summed E-state index contributed by atoms with van der Waals surface area (Å²) in [6.45, 7) is 2.65. The topological polar surface area (TPSA) is 84.2 Å². The molecule has 0 saturated heterocycles. The summed E-state index contributed by atoms with van der Waals surface area (Å²) < 4.78 is 28.8. The van der Waals surface area contributed by atoms with E-state index < -0.39 is 16.1 Å². The zero-order valence-corrected chi connectivity index (χ0v) is 12.6. The number of imidazole rings is 1. The van der Waals surface area contributed by atoms with Gasteiger partial charge < -0.3 is 9.67 Å². The number of benzene rings is 1. The summed E-state index contributed by atoms with van der Waals surface area (Å²) in [6, 6.07) is 6.33. The molecule has 0 saturated carbocycles. The lowest BCUT2D eigenvalue weighted by Gasteiger charge is -2.10. The Labute approximate surface area is 124 Å². The average molecular weight is 309 g/mol. The van der Waals surface area contributed by atoms with Crippen LogP contribution < -0.4 is 4.72 Å². The predicted octanol–water partition coefficient (Wildman–Crippen LogP) is 1.30. The Morgan fingerprint density at radius 2 is 2.24 bits per heavy atom. The van der Waals surface area contributed by atoms with Gasteiger partial charge >= 0.3 is 0 Å². The van der Waals surface area contributed by atoms with E-state index in [0.29, 0.717) is 25.1 Å². The maximum Gasteiger partial charge on any atom is 0.240 e. The molecule has 1 aromatic carbocycles. The maximum absolute atomic E-state index is 12.2. The molecule has 1 aromatic heterocycles. The normalized spacial score (nSPS) is 13.2. The Bertz CT molecular complexity index is 667. The number of nitrogens with zero attached hydrogens (tertiary/aromatic N) is 2. The molecule has 0 aliphatic carbocycles. The Kier molecular flexibility index (Phi) is 5.11. The molecule has 0 radical (unpaired) electrons. The highest BCUT2D eigenvalue weighted by molar-refractivity contribution is 7.89. The van der Waals surface area contributed by atoms with Gasteiger partial charge in [-0.3, -0.25) is 0 Å². The molecule has 6 nitrogen and oxygen atoms in total. The lowest BCUT2D eigenvalue weighted by atomic mass is 10.1. The fraction of sp³-hybridized carbons (Fsp3) is 0.357. The number of aliphatic hydroxyl groups is 1. The lowest BCUT2D eigenvalue weighted by molar-refractivity contribution is 0.199. The van der Waals surface area contributed by atoms with Crippen molar-refractivity contribution in [2.45, 2.75) is 30.9 Å². The third-order valence-electron chi connectivity index (χ3n) is 3.10. The van der Waals surface area contributed by atoms with Crippen molar-refractivity contribution in [3.8, 4) is 0 Å². The van der Waals surface area contributed by atoms with Crippen LogP contribution >= 0.6 is 0 Å². The first-order valence-electron chi connectivity index (χ1n) is 6.72. The van der Waals surface area contributed by atoms with Gasteiger partial charge in [0.15, 0.2) is 0 Å². The summed E-state index contributed by atoms with van der Waals surface area (Å²) in [6.07, 6.45) is 5.19. The third-order valence-corrected chi connectivity index (χ3v) is 4.55. The number of rotatable bonds is 7. The van der Waals surface area contributed by atoms with E-state index in [0.717, 1.165) is 0 Å². The highest BCUT2D eigenvalue weighted by Crippen LogP contribution is 2.17. The molecule has 0 spiro atoms. The van der Waals surface area contributed by atoms with Crippen LogP contribution in [0, 0.1) is 0 Å². The number of aryl methyl sites for hydroxylation is 1. The predicted molar refractivity (Wildman–Crippen MR) is 79.1 cm³/mol. The van der Waals surface area contributed by atoms with Crippen LogP contribution in [0.4, 0.5) is 0 Å². The first-order valence-corrected chi connectivity index (χ1v) is 8.21. The van der Waals surface area contributed by atoms with Crippen LogP contribution in [0.2, 0.25) is 0 Å². The van der Waals surface area contributed by atoms with Crippen molar-refractivity contribution in [2.75, 3.05) is 6.54 Å². The molecular formula is C14H19N3O3S. The van der Waals surface area contributed by atoms with Crippen LogP contribution in [0.3, 0.4) is 0 Å². The number of sulfonamides is 1. The maximum atomic E-state index is 12.2. The lowest BCUT2D eigenvalue weighted by Crippen LogP contribution is -2.25. The summed E-state index contributed by atoms with van der Waals surface area (Å²) in [7, 11) is -3.54. The van der Waals surface area contributed by atoms with E-state index in [4.69, 9.17) is 0 Å². The van der Waals surface area contributed by atoms with Crippen molar-refractivity contribution < 1.29 is 13.5 Å². The van der Waals surface area contributed by atoms with Crippen molar-refractivity contribution in [3.63, 3.8) is 0 Å². The monoisotopic (exact) mass is 309 g/mol. The summed E-state index contributed by atoms with van der Waals surface area (Å²) in [5.41, 5.74) is 0.580. The van der Waals surface area contributed by atoms with Crippen molar-refractivity contribution in [1.29, 1.82) is 0 Å². The van der Waals surface area contributed by atoms with Crippen molar-refractivity contribution in [2.24, 2.45) is 0 Å². The van der Waals surface area contributed by atoms with Crippen LogP contribution in [-0.4, -0.2) is 29.6 Å². The molecule has 0 aliphatic heterocycles. The van der Waals surface area contributed by atoms with Gasteiger partial charge in [0.2, 0.25) is 10.0 Å². The van der Waals surface area contributed by atoms with E-state index in [1.54, 1.807) is 31.6 Å². The largest absolute Gasteiger partial charge is 0.389 e. The Morgan fingerprint density at radius 1 is 1.43 bits per heavy atom. The fourth-order valence-corrected chi connectivity index (χ4v) is 3.04. The van der Waals surface area contributed by atoms with E-state index >= 15 is 0 Å². The van der Waals surface area contributed by atoms with Crippen molar-refractivity contribution in [3.05, 3.63) is 48.5 Å². The number of hydrogen-bond acceptors (Lipinski definition) is 4. The molecule has 7 heteroatoms. The van der Waals surface area contributed by atoms with E-state index in [9.17, 15) is 13.5 Å². The summed E-state index contributed by atoms with van der Waals surface area (Å²) >= 11 is 0. The Morgan fingerprint density at radius 3 is 2.90 bits per heavy atom. The van der Waals surface area contributed by atoms with Crippen LogP contribution in [0.15, 0.2) is 47.9 Å². The smallest absolute Gasteiger partial charge is 0.240 e. The van der Waals surface area contributed by atoms with Crippen molar-refractivity contribution in [1.82, 2.24) is 14.3 Å². The van der Waals surface area contributed by atoms with Gasteiger partial charge in [0.25, 0.3) is 0 Å². The Hall–Kier alpha value is -1.70. The summed E-state index contributed by atoms with van der Waals surface area (Å²) in [5.74, 6) is 0. The first kappa shape index (κ1) is 15.7.